The Bertz CT molecular complexity index is 2280. The van der Waals surface area contributed by atoms with Gasteiger partial charge in [-0.1, -0.05) is 91.0 Å². The molecule has 16 heteroatoms. The Morgan fingerprint density at radius 2 is 1.15 bits per heavy atom. The highest BCUT2D eigenvalue weighted by molar-refractivity contribution is 5.97. The number of fused-ring (bicyclic) bond motifs is 2. The highest BCUT2D eigenvalue weighted by atomic mass is 35.5. The Morgan fingerprint density at radius 3 is 1.82 bits per heavy atom. The lowest BCUT2D eigenvalue weighted by Gasteiger charge is -2.26. The molecule has 1 aromatic heterocycles. The smallest absolute Gasteiger partial charge is 0.243 e. The van der Waals surface area contributed by atoms with Crippen molar-refractivity contribution in [2.75, 3.05) is 6.54 Å². The second-order valence-electron chi connectivity index (χ2n) is 15.1. The third-order valence-corrected chi connectivity index (χ3v) is 10.3. The molecule has 324 valence electrons. The van der Waals surface area contributed by atoms with Crippen molar-refractivity contribution in [2.45, 2.75) is 88.6 Å². The van der Waals surface area contributed by atoms with Crippen LogP contribution >= 0.6 is 12.4 Å². The number of H-pyrrole nitrogens is 1. The number of carbonyl (C=O) groups excluding carboxylic acids is 6. The molecule has 6 atom stereocenters. The summed E-state index contributed by atoms with van der Waals surface area (Å²) in [6, 6.07) is 23.4. The van der Waals surface area contributed by atoms with Crippen LogP contribution in [-0.4, -0.2) is 83.2 Å². The summed E-state index contributed by atoms with van der Waals surface area (Å²) >= 11 is 0. The number of unbranched alkanes of at least 4 members (excludes halogenated alkanes) is 1. The van der Waals surface area contributed by atoms with Crippen LogP contribution in [-0.2, 0) is 48.0 Å². The lowest BCUT2D eigenvalue weighted by molar-refractivity contribution is -0.134. The van der Waals surface area contributed by atoms with E-state index in [9.17, 15) is 28.8 Å². The van der Waals surface area contributed by atoms with Crippen LogP contribution in [0.3, 0.4) is 0 Å². The predicted molar refractivity (Wildman–Crippen MR) is 238 cm³/mol. The molecule has 0 aliphatic carbocycles. The average Bonchev–Trinajstić information content (AvgIpc) is 3.65. The zero-order chi connectivity index (χ0) is 43.2. The first kappa shape index (κ1) is 47.4. The molecule has 61 heavy (non-hydrogen) atoms. The summed E-state index contributed by atoms with van der Waals surface area (Å²) in [5.74, 6) is -3.90. The standard InChI is InChI=1S/C45H55N9O6.ClH/c1-27(47)41(56)52-38(24-30-19-20-31-14-6-7-15-32(31)22-30)43(58)50-28(2)42(57)53-39(25-33-26-49-35-17-9-8-16-34(33)35)45(60)54-37(23-29-12-4-3-5-13-29)44(59)51-36(40(48)55)18-10-11-21-46;/h3-9,12-17,19-20,22,26-28,36-39,49H,10-11,18,21,23-25,46-47H2,1-2H3,(H2,48,55)(H,50,58)(H,51,59)(H,52,56)(H,53,57)(H,54,60);1H/t27?,28-,36-,37+,38+,39-;/m0./s1. The molecule has 5 aromatic rings. The molecule has 0 fully saturated rings. The van der Waals surface area contributed by atoms with E-state index >= 15 is 0 Å². The van der Waals surface area contributed by atoms with Gasteiger partial charge in [0.05, 0.1) is 6.04 Å². The number of rotatable bonds is 21. The average molecular weight is 854 g/mol. The minimum absolute atomic E-state index is 0. The number of hydrogen-bond donors (Lipinski definition) is 9. The molecular formula is C45H56ClN9O6. The fourth-order valence-corrected chi connectivity index (χ4v) is 6.90. The van der Waals surface area contributed by atoms with Gasteiger partial charge in [0.25, 0.3) is 0 Å². The maximum Gasteiger partial charge on any atom is 0.243 e. The van der Waals surface area contributed by atoms with Gasteiger partial charge in [-0.2, -0.15) is 0 Å². The van der Waals surface area contributed by atoms with Crippen molar-refractivity contribution in [1.29, 1.82) is 0 Å². The van der Waals surface area contributed by atoms with Crippen molar-refractivity contribution < 1.29 is 28.8 Å². The quantitative estimate of drug-likeness (QED) is 0.0494. The highest BCUT2D eigenvalue weighted by Crippen LogP contribution is 2.20. The van der Waals surface area contributed by atoms with Gasteiger partial charge in [0.15, 0.2) is 0 Å². The fourth-order valence-electron chi connectivity index (χ4n) is 6.90. The van der Waals surface area contributed by atoms with Crippen molar-refractivity contribution >= 4 is 69.5 Å². The second-order valence-corrected chi connectivity index (χ2v) is 15.1. The summed E-state index contributed by atoms with van der Waals surface area (Å²) < 4.78 is 0. The first-order valence-electron chi connectivity index (χ1n) is 20.2. The zero-order valence-electron chi connectivity index (χ0n) is 34.3. The van der Waals surface area contributed by atoms with E-state index < -0.39 is 71.7 Å². The molecular weight excluding hydrogens is 798 g/mol. The topological polar surface area (TPSA) is 256 Å². The van der Waals surface area contributed by atoms with Crippen molar-refractivity contribution in [3.05, 3.63) is 120 Å². The number of nitrogens with one attached hydrogen (secondary N) is 6. The van der Waals surface area contributed by atoms with E-state index in [-0.39, 0.29) is 38.1 Å². The minimum atomic E-state index is -1.23. The number of hydrogen-bond acceptors (Lipinski definition) is 8. The Hall–Kier alpha value is -6.29. The Morgan fingerprint density at radius 1 is 0.590 bits per heavy atom. The van der Waals surface area contributed by atoms with Crippen molar-refractivity contribution in [2.24, 2.45) is 17.2 Å². The van der Waals surface area contributed by atoms with Gasteiger partial charge < -0.3 is 48.8 Å². The van der Waals surface area contributed by atoms with Crippen LogP contribution in [0.25, 0.3) is 21.7 Å². The van der Waals surface area contributed by atoms with E-state index in [0.29, 0.717) is 19.4 Å². The first-order chi connectivity index (χ1) is 28.8. The van der Waals surface area contributed by atoms with Crippen LogP contribution in [0.2, 0.25) is 0 Å². The Balaban J connectivity index is 0.00000819. The lowest BCUT2D eigenvalue weighted by atomic mass is 10.0. The molecule has 0 saturated heterocycles. The molecule has 4 aromatic carbocycles. The van der Waals surface area contributed by atoms with E-state index in [2.05, 4.69) is 31.6 Å². The van der Waals surface area contributed by atoms with Crippen LogP contribution in [0.5, 0.6) is 0 Å². The fraction of sp³-hybridized carbons (Fsp3) is 0.333. The highest BCUT2D eigenvalue weighted by Gasteiger charge is 2.32. The van der Waals surface area contributed by atoms with Gasteiger partial charge in [-0.15, -0.1) is 12.4 Å². The number of benzene rings is 4. The molecule has 0 radical (unpaired) electrons. The minimum Gasteiger partial charge on any atom is -0.368 e. The van der Waals surface area contributed by atoms with Crippen LogP contribution in [0.1, 0.15) is 49.8 Å². The van der Waals surface area contributed by atoms with Crippen LogP contribution in [0.4, 0.5) is 0 Å². The SMILES string of the molecule is CC(N)C(=O)N[C@H](Cc1ccc2ccccc2c1)C(=O)N[C@@H](C)C(=O)N[C@@H](Cc1c[nH]c2ccccc12)C(=O)N[C@H](Cc1ccccc1)C(=O)N[C@@H](CCCCN)C(N)=O.Cl. The number of primary amides is 1. The monoisotopic (exact) mass is 853 g/mol. The molecule has 0 spiro atoms. The second kappa shape index (κ2) is 22.9. The molecule has 0 aliphatic rings. The largest absolute Gasteiger partial charge is 0.368 e. The van der Waals surface area contributed by atoms with Gasteiger partial charge in [0.2, 0.25) is 35.4 Å². The van der Waals surface area contributed by atoms with Gasteiger partial charge in [-0.05, 0) is 73.2 Å². The third-order valence-electron chi connectivity index (χ3n) is 10.3. The van der Waals surface area contributed by atoms with Gasteiger partial charge in [0.1, 0.15) is 30.2 Å². The summed E-state index contributed by atoms with van der Waals surface area (Å²) in [4.78, 5) is 84.2. The van der Waals surface area contributed by atoms with E-state index in [4.69, 9.17) is 17.2 Å². The van der Waals surface area contributed by atoms with Gasteiger partial charge in [0, 0.05) is 36.4 Å². The molecule has 15 nitrogen and oxygen atoms in total. The van der Waals surface area contributed by atoms with Gasteiger partial charge in [-0.3, -0.25) is 28.8 Å². The summed E-state index contributed by atoms with van der Waals surface area (Å²) in [6.07, 6.45) is 3.39. The van der Waals surface area contributed by atoms with Crippen LogP contribution in [0, 0.1) is 0 Å². The molecule has 1 unspecified atom stereocenters. The molecule has 0 aliphatic heterocycles. The number of para-hydroxylation sites is 1. The third kappa shape index (κ3) is 13.6. The Kier molecular flexibility index (Phi) is 17.8. The van der Waals surface area contributed by atoms with Crippen molar-refractivity contribution in [3.63, 3.8) is 0 Å². The normalized spacial score (nSPS) is 14.0. The summed E-state index contributed by atoms with van der Waals surface area (Å²) in [5.41, 5.74) is 20.2. The summed E-state index contributed by atoms with van der Waals surface area (Å²) in [5, 5.41) is 16.5. The number of halogens is 1. The number of carbonyl (C=O) groups is 6. The molecule has 6 amide bonds. The number of aromatic amines is 1. The van der Waals surface area contributed by atoms with Crippen LogP contribution < -0.4 is 43.8 Å². The van der Waals surface area contributed by atoms with E-state index in [1.54, 1.807) is 30.5 Å². The lowest BCUT2D eigenvalue weighted by Crippen LogP contribution is -2.59. The molecule has 12 N–H and O–H groups in total. The van der Waals surface area contributed by atoms with Crippen LogP contribution in [0.15, 0.2) is 103 Å². The van der Waals surface area contributed by atoms with Gasteiger partial charge in [-0.25, -0.2) is 0 Å². The number of aromatic nitrogens is 1. The molecule has 1 heterocycles. The molecule has 5 rings (SSSR count). The van der Waals surface area contributed by atoms with Gasteiger partial charge >= 0.3 is 0 Å². The molecule has 0 bridgehead atoms. The summed E-state index contributed by atoms with van der Waals surface area (Å²) in [7, 11) is 0. The Labute approximate surface area is 361 Å². The molecule has 0 saturated carbocycles. The number of nitrogens with two attached hydrogens (primary N) is 3. The summed E-state index contributed by atoms with van der Waals surface area (Å²) in [6.45, 7) is 3.38. The maximum atomic E-state index is 14.3. The van der Waals surface area contributed by atoms with E-state index in [1.807, 2.05) is 72.8 Å². The van der Waals surface area contributed by atoms with E-state index in [0.717, 1.165) is 38.4 Å². The zero-order valence-corrected chi connectivity index (χ0v) is 35.1. The van der Waals surface area contributed by atoms with Crippen molar-refractivity contribution in [1.82, 2.24) is 31.6 Å². The number of amides is 6. The van der Waals surface area contributed by atoms with Crippen molar-refractivity contribution in [3.8, 4) is 0 Å². The first-order valence-corrected chi connectivity index (χ1v) is 20.2. The predicted octanol–water partition coefficient (Wildman–Crippen LogP) is 2.18. The van der Waals surface area contributed by atoms with E-state index in [1.165, 1.54) is 13.8 Å². The maximum absolute atomic E-state index is 14.3.